The molecule has 2 aromatic heterocycles. The number of rotatable bonds is 3. The van der Waals surface area contributed by atoms with E-state index in [1.807, 2.05) is 38.1 Å². The van der Waals surface area contributed by atoms with Crippen molar-refractivity contribution in [1.82, 2.24) is 10.1 Å². The molecular weight excluding hydrogens is 286 g/mol. The lowest BCUT2D eigenvalue weighted by atomic mass is 10.1. The van der Waals surface area contributed by atoms with Gasteiger partial charge in [-0.25, -0.2) is 0 Å². The highest BCUT2D eigenvalue weighted by Gasteiger charge is 2.19. The number of nitrogens with two attached hydrogens (primary N) is 1. The van der Waals surface area contributed by atoms with Crippen LogP contribution >= 0.6 is 11.3 Å². The number of aromatic nitrogens is 2. The van der Waals surface area contributed by atoms with Crippen molar-refractivity contribution in [1.29, 1.82) is 0 Å². The molecule has 21 heavy (non-hydrogen) atoms. The van der Waals surface area contributed by atoms with Gasteiger partial charge in [-0.3, -0.25) is 0 Å². The third kappa shape index (κ3) is 2.38. The molecule has 3 rings (SSSR count). The number of methoxy groups -OCH3 is 1. The molecule has 0 aliphatic heterocycles. The molecule has 0 bridgehead atoms. The van der Waals surface area contributed by atoms with Crippen LogP contribution in [-0.4, -0.2) is 17.3 Å². The van der Waals surface area contributed by atoms with E-state index in [4.69, 9.17) is 15.0 Å². The number of nitrogens with zero attached hydrogens (tertiary/aromatic N) is 2. The highest BCUT2D eigenvalue weighted by molar-refractivity contribution is 7.16. The average Bonchev–Trinajstić information content (AvgIpc) is 3.05. The van der Waals surface area contributed by atoms with E-state index in [1.165, 1.54) is 11.3 Å². The topological polar surface area (TPSA) is 74.2 Å². The van der Waals surface area contributed by atoms with Gasteiger partial charge in [0.05, 0.1) is 17.7 Å². The van der Waals surface area contributed by atoms with E-state index < -0.39 is 0 Å². The lowest BCUT2D eigenvalue weighted by Gasteiger charge is -1.99. The van der Waals surface area contributed by atoms with Crippen LogP contribution < -0.4 is 10.5 Å². The first-order valence-corrected chi connectivity index (χ1v) is 7.25. The molecule has 3 aromatic rings. The summed E-state index contributed by atoms with van der Waals surface area (Å²) in [6.45, 7) is 4.03. The summed E-state index contributed by atoms with van der Waals surface area (Å²) in [7, 11) is 1.62. The third-order valence-electron chi connectivity index (χ3n) is 3.38. The van der Waals surface area contributed by atoms with E-state index in [2.05, 4.69) is 10.1 Å². The zero-order chi connectivity index (χ0) is 15.0. The smallest absolute Gasteiger partial charge is 0.261 e. The van der Waals surface area contributed by atoms with Crippen LogP contribution in [0.3, 0.4) is 0 Å². The van der Waals surface area contributed by atoms with E-state index in [-0.39, 0.29) is 0 Å². The lowest BCUT2D eigenvalue weighted by molar-refractivity contribution is 0.414. The second kappa shape index (κ2) is 5.21. The van der Waals surface area contributed by atoms with Gasteiger partial charge >= 0.3 is 0 Å². The molecule has 0 atom stereocenters. The Hall–Kier alpha value is -2.34. The molecule has 0 saturated carbocycles. The molecule has 0 spiro atoms. The average molecular weight is 301 g/mol. The molecule has 0 aliphatic rings. The van der Waals surface area contributed by atoms with Crippen LogP contribution in [0.1, 0.15) is 10.4 Å². The van der Waals surface area contributed by atoms with Gasteiger partial charge in [-0.1, -0.05) is 17.3 Å². The molecule has 5 nitrogen and oxygen atoms in total. The van der Waals surface area contributed by atoms with Crippen LogP contribution in [0, 0.1) is 13.8 Å². The van der Waals surface area contributed by atoms with Crippen LogP contribution in [0.25, 0.3) is 22.8 Å². The maximum absolute atomic E-state index is 6.04. The summed E-state index contributed by atoms with van der Waals surface area (Å²) in [5, 5.41) is 4.74. The summed E-state index contributed by atoms with van der Waals surface area (Å²) in [5.74, 6) is 1.72. The van der Waals surface area contributed by atoms with Gasteiger partial charge in [-0.15, -0.1) is 11.3 Å². The van der Waals surface area contributed by atoms with E-state index in [9.17, 15) is 0 Å². The van der Waals surface area contributed by atoms with Gasteiger partial charge in [0.2, 0.25) is 5.82 Å². The van der Waals surface area contributed by atoms with Crippen LogP contribution in [0.2, 0.25) is 0 Å². The van der Waals surface area contributed by atoms with Crippen molar-refractivity contribution in [3.05, 3.63) is 34.7 Å². The highest BCUT2D eigenvalue weighted by atomic mass is 32.1. The van der Waals surface area contributed by atoms with Crippen molar-refractivity contribution in [2.24, 2.45) is 0 Å². The van der Waals surface area contributed by atoms with Gasteiger partial charge in [0.1, 0.15) is 5.75 Å². The Bertz CT molecular complexity index is 792. The highest BCUT2D eigenvalue weighted by Crippen LogP contribution is 2.37. The molecule has 2 N–H and O–H groups in total. The molecule has 2 heterocycles. The van der Waals surface area contributed by atoms with Crippen LogP contribution in [0.5, 0.6) is 5.75 Å². The molecule has 0 unspecified atom stereocenters. The van der Waals surface area contributed by atoms with Gasteiger partial charge in [-0.05, 0) is 31.5 Å². The Balaban J connectivity index is 2.03. The third-order valence-corrected chi connectivity index (χ3v) is 4.42. The van der Waals surface area contributed by atoms with Crippen molar-refractivity contribution >= 4 is 16.3 Å². The minimum absolute atomic E-state index is 0.451. The Kier molecular flexibility index (Phi) is 3.39. The normalized spacial score (nSPS) is 10.8. The minimum atomic E-state index is 0.451. The Morgan fingerprint density at radius 1 is 1.29 bits per heavy atom. The number of ether oxygens (including phenoxy) is 1. The summed E-state index contributed by atoms with van der Waals surface area (Å²) < 4.78 is 10.6. The molecule has 108 valence electrons. The first-order chi connectivity index (χ1) is 10.1. The predicted molar refractivity (Wildman–Crippen MR) is 83.5 cm³/mol. The summed E-state index contributed by atoms with van der Waals surface area (Å²) >= 11 is 1.53. The fraction of sp³-hybridized carbons (Fsp3) is 0.200. The second-order valence-corrected chi connectivity index (χ2v) is 5.93. The van der Waals surface area contributed by atoms with Gasteiger partial charge in [0.25, 0.3) is 5.89 Å². The van der Waals surface area contributed by atoms with E-state index in [0.717, 1.165) is 27.3 Å². The first-order valence-electron chi connectivity index (χ1n) is 6.44. The summed E-state index contributed by atoms with van der Waals surface area (Å²) in [6.07, 6.45) is 0. The van der Waals surface area contributed by atoms with Gasteiger partial charge in [0, 0.05) is 10.4 Å². The molecule has 0 aliphatic carbocycles. The predicted octanol–water partition coefficient (Wildman–Crippen LogP) is 3.67. The van der Waals surface area contributed by atoms with Crippen molar-refractivity contribution in [2.45, 2.75) is 13.8 Å². The van der Waals surface area contributed by atoms with Crippen molar-refractivity contribution < 1.29 is 9.26 Å². The van der Waals surface area contributed by atoms with Crippen LogP contribution in [-0.2, 0) is 0 Å². The largest absolute Gasteiger partial charge is 0.497 e. The summed E-state index contributed by atoms with van der Waals surface area (Å²) in [5.41, 5.74) is 8.79. The number of benzene rings is 1. The Labute approximate surface area is 126 Å². The van der Waals surface area contributed by atoms with Crippen LogP contribution in [0.4, 0.5) is 5.00 Å². The molecule has 0 radical (unpaired) electrons. The minimum Gasteiger partial charge on any atom is -0.497 e. The van der Waals surface area contributed by atoms with E-state index in [0.29, 0.717) is 16.7 Å². The molecule has 6 heteroatoms. The fourth-order valence-electron chi connectivity index (χ4n) is 2.12. The van der Waals surface area contributed by atoms with Crippen molar-refractivity contribution in [2.75, 3.05) is 12.8 Å². The number of thiophene rings is 1. The number of hydrogen-bond acceptors (Lipinski definition) is 6. The van der Waals surface area contributed by atoms with Gasteiger partial charge in [0.15, 0.2) is 0 Å². The molecule has 0 saturated heterocycles. The fourth-order valence-corrected chi connectivity index (χ4v) is 3.05. The monoisotopic (exact) mass is 301 g/mol. The van der Waals surface area contributed by atoms with Crippen LogP contribution in [0.15, 0.2) is 28.8 Å². The number of aryl methyl sites for hydroxylation is 1. The molecule has 0 amide bonds. The van der Waals surface area contributed by atoms with Crippen molar-refractivity contribution in [3.8, 4) is 28.6 Å². The van der Waals surface area contributed by atoms with Gasteiger partial charge < -0.3 is 15.0 Å². The van der Waals surface area contributed by atoms with Crippen molar-refractivity contribution in [3.63, 3.8) is 0 Å². The Morgan fingerprint density at radius 2 is 2.10 bits per heavy atom. The molecule has 1 aromatic carbocycles. The summed E-state index contributed by atoms with van der Waals surface area (Å²) in [6, 6.07) is 7.53. The van der Waals surface area contributed by atoms with Gasteiger partial charge in [-0.2, -0.15) is 4.98 Å². The zero-order valence-electron chi connectivity index (χ0n) is 12.0. The number of hydrogen-bond donors (Lipinski definition) is 1. The number of nitrogen functional groups attached to an aromatic ring is 1. The molecular formula is C15H15N3O2S. The number of anilines is 1. The maximum atomic E-state index is 6.04. The molecule has 0 fully saturated rings. The van der Waals surface area contributed by atoms with E-state index >= 15 is 0 Å². The quantitative estimate of drug-likeness (QED) is 0.799. The standard InChI is InChI=1S/C15H15N3O2S/c1-8-9(2)21-13(16)12(8)15-17-14(18-20-15)10-5-4-6-11(7-10)19-3/h4-7H,16H2,1-3H3. The summed E-state index contributed by atoms with van der Waals surface area (Å²) in [4.78, 5) is 5.61. The van der Waals surface area contributed by atoms with E-state index in [1.54, 1.807) is 7.11 Å². The maximum Gasteiger partial charge on any atom is 0.261 e. The Morgan fingerprint density at radius 3 is 2.76 bits per heavy atom. The zero-order valence-corrected chi connectivity index (χ0v) is 12.8. The lowest BCUT2D eigenvalue weighted by Crippen LogP contribution is -1.87. The SMILES string of the molecule is COc1cccc(-c2noc(-c3c(N)sc(C)c3C)n2)c1. The second-order valence-electron chi connectivity index (χ2n) is 4.68. The first kappa shape index (κ1) is 13.6.